The Balaban J connectivity index is 3.65. The Kier molecular flexibility index (Phi) is 39.6. The lowest BCUT2D eigenvalue weighted by Gasteiger charge is -2.15. The number of unbranched alkanes of at least 4 members (excludes halogenated alkanes) is 17. The molecular formula is C45H80NO8P. The molecular weight excluding hydrogens is 713 g/mol. The van der Waals surface area contributed by atoms with Crippen molar-refractivity contribution < 1.29 is 37.9 Å². The molecule has 0 aromatic rings. The highest BCUT2D eigenvalue weighted by molar-refractivity contribution is 7.47. The first kappa shape index (κ1) is 52.7. The Morgan fingerprint density at radius 2 is 1.04 bits per heavy atom. The fraction of sp³-hybridized carbons (Fsp3) is 0.733. The number of hydrogen-bond acceptors (Lipinski definition) is 7. The van der Waals surface area contributed by atoms with E-state index in [-0.39, 0.29) is 32.1 Å². The fourth-order valence-electron chi connectivity index (χ4n) is 5.70. The number of aliphatic hydroxyl groups is 1. The van der Waals surface area contributed by atoms with Crippen molar-refractivity contribution in [3.63, 3.8) is 0 Å². The summed E-state index contributed by atoms with van der Waals surface area (Å²) in [4.78, 5) is 33.9. The third-order valence-electron chi connectivity index (χ3n) is 8.96. The van der Waals surface area contributed by atoms with Gasteiger partial charge in [0.2, 0.25) is 5.91 Å². The Morgan fingerprint density at radius 3 is 1.56 bits per heavy atom. The minimum Gasteiger partial charge on any atom is -0.463 e. The van der Waals surface area contributed by atoms with Gasteiger partial charge in [-0.1, -0.05) is 171 Å². The second kappa shape index (κ2) is 41.3. The smallest absolute Gasteiger partial charge is 0.463 e. The van der Waals surface area contributed by atoms with Crippen molar-refractivity contribution >= 4 is 19.7 Å². The van der Waals surface area contributed by atoms with Gasteiger partial charge in [0.1, 0.15) is 12.7 Å². The van der Waals surface area contributed by atoms with Crippen LogP contribution in [0.4, 0.5) is 0 Å². The van der Waals surface area contributed by atoms with Crippen LogP contribution in [0.2, 0.25) is 0 Å². The molecule has 0 aliphatic rings. The lowest BCUT2D eigenvalue weighted by molar-refractivity contribution is -0.147. The average molecular weight is 794 g/mol. The van der Waals surface area contributed by atoms with Gasteiger partial charge in [-0.3, -0.25) is 18.6 Å². The molecule has 0 aliphatic heterocycles. The predicted octanol–water partition coefficient (Wildman–Crippen LogP) is 12.1. The molecule has 0 heterocycles. The van der Waals surface area contributed by atoms with E-state index >= 15 is 0 Å². The first-order valence-electron chi connectivity index (χ1n) is 21.8. The van der Waals surface area contributed by atoms with Gasteiger partial charge in [-0.15, -0.1) is 0 Å². The summed E-state index contributed by atoms with van der Waals surface area (Å²) in [6.07, 6.45) is 48.6. The van der Waals surface area contributed by atoms with Crippen LogP contribution in [-0.2, 0) is 27.9 Å². The molecule has 0 bridgehead atoms. The SMILES string of the molecule is CC/C=C\C/C=C\C/C=C\C/C=C\C/C=C\CCCCCCCC(=O)OCC(O)COP(=O)(O)OCCNC(=O)CCCCCCCCCCCCCCC. The van der Waals surface area contributed by atoms with Crippen LogP contribution < -0.4 is 5.32 Å². The summed E-state index contributed by atoms with van der Waals surface area (Å²) in [7, 11) is -4.42. The Morgan fingerprint density at radius 1 is 0.582 bits per heavy atom. The van der Waals surface area contributed by atoms with E-state index in [9.17, 15) is 24.2 Å². The highest BCUT2D eigenvalue weighted by Gasteiger charge is 2.23. The number of phosphoric acid groups is 1. The maximum Gasteiger partial charge on any atom is 0.472 e. The zero-order valence-electron chi connectivity index (χ0n) is 34.9. The number of rotatable bonds is 40. The molecule has 0 aromatic heterocycles. The predicted molar refractivity (Wildman–Crippen MR) is 229 cm³/mol. The number of allylic oxidation sites excluding steroid dienone is 10. The van der Waals surface area contributed by atoms with Gasteiger partial charge < -0.3 is 20.1 Å². The summed E-state index contributed by atoms with van der Waals surface area (Å²) in [6.45, 7) is 3.41. The summed E-state index contributed by atoms with van der Waals surface area (Å²) < 4.78 is 26.8. The third-order valence-corrected chi connectivity index (χ3v) is 9.95. The zero-order chi connectivity index (χ0) is 40.3. The van der Waals surface area contributed by atoms with E-state index in [1.807, 2.05) is 0 Å². The summed E-state index contributed by atoms with van der Waals surface area (Å²) in [5.41, 5.74) is 0. The fourth-order valence-corrected chi connectivity index (χ4v) is 6.46. The van der Waals surface area contributed by atoms with E-state index in [1.54, 1.807) is 0 Å². The molecule has 0 radical (unpaired) electrons. The highest BCUT2D eigenvalue weighted by atomic mass is 31.2. The molecule has 0 rings (SSSR count). The van der Waals surface area contributed by atoms with Crippen molar-refractivity contribution in [1.29, 1.82) is 0 Å². The monoisotopic (exact) mass is 794 g/mol. The summed E-state index contributed by atoms with van der Waals surface area (Å²) >= 11 is 0. The largest absolute Gasteiger partial charge is 0.472 e. The molecule has 10 heteroatoms. The molecule has 1 amide bonds. The van der Waals surface area contributed by atoms with Crippen molar-refractivity contribution in [2.45, 2.75) is 187 Å². The van der Waals surface area contributed by atoms with Crippen LogP contribution in [0.5, 0.6) is 0 Å². The number of phosphoric ester groups is 1. The minimum absolute atomic E-state index is 0.0790. The van der Waals surface area contributed by atoms with Gasteiger partial charge in [-0.25, -0.2) is 4.57 Å². The summed E-state index contributed by atoms with van der Waals surface area (Å²) in [6, 6.07) is 0. The molecule has 9 nitrogen and oxygen atoms in total. The number of ether oxygens (including phenoxy) is 1. The van der Waals surface area contributed by atoms with Crippen LogP contribution in [-0.4, -0.2) is 54.3 Å². The van der Waals surface area contributed by atoms with Crippen molar-refractivity contribution in [3.05, 3.63) is 60.8 Å². The van der Waals surface area contributed by atoms with Crippen LogP contribution in [0.3, 0.4) is 0 Å². The molecule has 2 unspecified atom stereocenters. The van der Waals surface area contributed by atoms with E-state index in [2.05, 4.69) is 79.9 Å². The normalized spacial score (nSPS) is 13.9. The van der Waals surface area contributed by atoms with Gasteiger partial charge in [0, 0.05) is 19.4 Å². The van der Waals surface area contributed by atoms with Crippen LogP contribution in [0.15, 0.2) is 60.8 Å². The van der Waals surface area contributed by atoms with Gasteiger partial charge in [0.15, 0.2) is 0 Å². The number of amides is 1. The molecule has 0 fully saturated rings. The molecule has 0 aliphatic carbocycles. The van der Waals surface area contributed by atoms with Crippen LogP contribution in [0.1, 0.15) is 181 Å². The average Bonchev–Trinajstić information content (AvgIpc) is 3.17. The van der Waals surface area contributed by atoms with Gasteiger partial charge in [0.25, 0.3) is 0 Å². The van der Waals surface area contributed by atoms with Crippen LogP contribution >= 0.6 is 7.82 Å². The standard InChI is InChI=1S/C45H80NO8P/c1-3-5-7-9-11-13-15-17-18-19-20-21-22-23-24-26-28-30-32-34-36-38-45(49)52-41-43(47)42-54-55(50,51)53-40-39-46-44(48)37-35-33-31-29-27-25-16-14-12-10-8-6-4-2/h5,7,11,13,17-18,20-21,23-24,43,47H,3-4,6,8-10,12,14-16,19,22,25-42H2,1-2H3,(H,46,48)(H,50,51)/b7-5-,13-11-,18-17-,21-20-,24-23-. The molecule has 0 spiro atoms. The molecule has 2 atom stereocenters. The lowest BCUT2D eigenvalue weighted by atomic mass is 10.0. The van der Waals surface area contributed by atoms with Crippen molar-refractivity contribution in [1.82, 2.24) is 5.32 Å². The van der Waals surface area contributed by atoms with Crippen LogP contribution in [0.25, 0.3) is 0 Å². The van der Waals surface area contributed by atoms with Gasteiger partial charge in [-0.05, 0) is 57.8 Å². The topological polar surface area (TPSA) is 131 Å². The maximum atomic E-state index is 12.1. The number of nitrogens with one attached hydrogen (secondary N) is 1. The molecule has 0 saturated heterocycles. The highest BCUT2D eigenvalue weighted by Crippen LogP contribution is 2.42. The van der Waals surface area contributed by atoms with Crippen molar-refractivity contribution in [2.75, 3.05) is 26.4 Å². The van der Waals surface area contributed by atoms with E-state index < -0.39 is 26.5 Å². The molecule has 318 valence electrons. The lowest BCUT2D eigenvalue weighted by Crippen LogP contribution is -2.27. The summed E-state index contributed by atoms with van der Waals surface area (Å²) in [5, 5.41) is 12.7. The zero-order valence-corrected chi connectivity index (χ0v) is 35.7. The van der Waals surface area contributed by atoms with E-state index in [0.29, 0.717) is 12.8 Å². The Labute approximate surface area is 336 Å². The second-order valence-corrected chi connectivity index (χ2v) is 15.7. The Bertz CT molecular complexity index is 1090. The second-order valence-electron chi connectivity index (χ2n) is 14.3. The van der Waals surface area contributed by atoms with Crippen LogP contribution in [0, 0.1) is 0 Å². The number of aliphatic hydroxyl groups excluding tert-OH is 1. The van der Waals surface area contributed by atoms with Crippen molar-refractivity contribution in [3.8, 4) is 0 Å². The molecule has 3 N–H and O–H groups in total. The molecule has 55 heavy (non-hydrogen) atoms. The van der Waals surface area contributed by atoms with E-state index in [4.69, 9.17) is 13.8 Å². The van der Waals surface area contributed by atoms with Gasteiger partial charge >= 0.3 is 13.8 Å². The van der Waals surface area contributed by atoms with E-state index in [1.165, 1.54) is 64.2 Å². The number of carbonyl (C=O) groups is 2. The van der Waals surface area contributed by atoms with Crippen molar-refractivity contribution in [2.24, 2.45) is 0 Å². The van der Waals surface area contributed by atoms with Gasteiger partial charge in [0.05, 0.1) is 13.2 Å². The maximum absolute atomic E-state index is 12.1. The molecule has 0 saturated carbocycles. The first-order valence-corrected chi connectivity index (χ1v) is 23.3. The number of esters is 1. The van der Waals surface area contributed by atoms with E-state index in [0.717, 1.165) is 83.5 Å². The quantitative estimate of drug-likeness (QED) is 0.0242. The summed E-state index contributed by atoms with van der Waals surface area (Å²) in [5.74, 6) is -0.536. The first-order chi connectivity index (χ1) is 26.8. The number of hydrogen-bond donors (Lipinski definition) is 3. The molecule has 0 aromatic carbocycles. The Hall–Kier alpha value is -2.29. The third kappa shape index (κ3) is 42.7. The van der Waals surface area contributed by atoms with Gasteiger partial charge in [-0.2, -0.15) is 0 Å². The number of carbonyl (C=O) groups excluding carboxylic acids is 2. The minimum atomic E-state index is -4.42.